The molecule has 4 rings (SSSR count). The Morgan fingerprint density at radius 1 is 0.839 bits per heavy atom. The molecule has 1 atom stereocenters. The molecule has 0 aliphatic carbocycles. The van der Waals surface area contributed by atoms with E-state index in [-0.39, 0.29) is 12.1 Å². The summed E-state index contributed by atoms with van der Waals surface area (Å²) >= 11 is 1.57. The monoisotopic (exact) mass is 430 g/mol. The van der Waals surface area contributed by atoms with Crippen molar-refractivity contribution in [3.63, 3.8) is 0 Å². The predicted octanol–water partition coefficient (Wildman–Crippen LogP) is 6.16. The highest BCUT2D eigenvalue weighted by Crippen LogP contribution is 2.33. The second kappa shape index (κ2) is 10.9. The van der Waals surface area contributed by atoms with E-state index in [4.69, 9.17) is 9.47 Å². The standard InChI is InChI=1S/C27H26O3S/c28-27-26(31-20-18-22-9-5-2-6-10-22)16-15-25(30-27)23-11-13-24(14-12-23)29-19-17-21-7-3-1-4-8-21/h1-14,16,25H,15,17-20H2. The molecule has 0 amide bonds. The van der Waals surface area contributed by atoms with Crippen LogP contribution in [0.15, 0.2) is 95.9 Å². The molecule has 1 heterocycles. The Kier molecular flexibility index (Phi) is 7.46. The van der Waals surface area contributed by atoms with Gasteiger partial charge in [0.15, 0.2) is 0 Å². The number of carbonyl (C=O) groups is 1. The summed E-state index contributed by atoms with van der Waals surface area (Å²) in [5, 5.41) is 0. The molecule has 0 bridgehead atoms. The van der Waals surface area contributed by atoms with Crippen LogP contribution in [0.5, 0.6) is 5.75 Å². The molecule has 1 aliphatic heterocycles. The highest BCUT2D eigenvalue weighted by atomic mass is 32.2. The maximum Gasteiger partial charge on any atom is 0.344 e. The zero-order chi connectivity index (χ0) is 21.3. The number of hydrogen-bond donors (Lipinski definition) is 0. The summed E-state index contributed by atoms with van der Waals surface area (Å²) in [5.41, 5.74) is 3.54. The van der Waals surface area contributed by atoms with Gasteiger partial charge in [-0.05, 0) is 35.2 Å². The number of rotatable bonds is 9. The van der Waals surface area contributed by atoms with Gasteiger partial charge in [0.2, 0.25) is 0 Å². The van der Waals surface area contributed by atoms with Crippen molar-refractivity contribution in [2.45, 2.75) is 25.4 Å². The van der Waals surface area contributed by atoms with E-state index >= 15 is 0 Å². The molecule has 31 heavy (non-hydrogen) atoms. The highest BCUT2D eigenvalue weighted by Gasteiger charge is 2.24. The van der Waals surface area contributed by atoms with Crippen LogP contribution in [0, 0.1) is 0 Å². The van der Waals surface area contributed by atoms with E-state index in [1.807, 2.05) is 66.7 Å². The van der Waals surface area contributed by atoms with Crippen LogP contribution in [-0.4, -0.2) is 18.3 Å². The number of ether oxygens (including phenoxy) is 2. The van der Waals surface area contributed by atoms with Crippen LogP contribution in [0.4, 0.5) is 0 Å². The van der Waals surface area contributed by atoms with E-state index in [9.17, 15) is 4.79 Å². The van der Waals surface area contributed by atoms with Crippen LogP contribution in [0.3, 0.4) is 0 Å². The topological polar surface area (TPSA) is 35.5 Å². The molecule has 3 aromatic rings. The lowest BCUT2D eigenvalue weighted by atomic mass is 10.0. The number of thioether (sulfide) groups is 1. The van der Waals surface area contributed by atoms with E-state index in [2.05, 4.69) is 24.3 Å². The van der Waals surface area contributed by atoms with Gasteiger partial charge in [0.25, 0.3) is 0 Å². The Balaban J connectivity index is 1.25. The van der Waals surface area contributed by atoms with Gasteiger partial charge in [-0.1, -0.05) is 78.9 Å². The fraction of sp³-hybridized carbons (Fsp3) is 0.222. The lowest BCUT2D eigenvalue weighted by molar-refractivity contribution is -0.144. The first-order chi connectivity index (χ1) is 15.3. The van der Waals surface area contributed by atoms with Crippen molar-refractivity contribution in [2.75, 3.05) is 12.4 Å². The molecule has 0 spiro atoms. The number of cyclic esters (lactones) is 1. The SMILES string of the molecule is O=C1OC(c2ccc(OCCc3ccccc3)cc2)CC=C1SCCc1ccccc1. The molecule has 4 heteroatoms. The van der Waals surface area contributed by atoms with Crippen LogP contribution in [0.1, 0.15) is 29.2 Å². The Bertz CT molecular complexity index is 998. The van der Waals surface area contributed by atoms with E-state index in [0.717, 1.165) is 29.9 Å². The van der Waals surface area contributed by atoms with Crippen molar-refractivity contribution in [1.82, 2.24) is 0 Å². The summed E-state index contributed by atoms with van der Waals surface area (Å²) in [5.74, 6) is 1.47. The van der Waals surface area contributed by atoms with Gasteiger partial charge in [-0.25, -0.2) is 4.79 Å². The van der Waals surface area contributed by atoms with Crippen LogP contribution in [-0.2, 0) is 22.4 Å². The molecule has 0 saturated heterocycles. The summed E-state index contributed by atoms with van der Waals surface area (Å²) in [7, 11) is 0. The fourth-order valence-corrected chi connectivity index (χ4v) is 4.43. The van der Waals surface area contributed by atoms with Crippen LogP contribution < -0.4 is 4.74 Å². The molecular formula is C27H26O3S. The minimum Gasteiger partial charge on any atom is -0.493 e. The van der Waals surface area contributed by atoms with Crippen molar-refractivity contribution >= 4 is 17.7 Å². The molecule has 0 saturated carbocycles. The third-order valence-corrected chi connectivity index (χ3v) is 6.27. The number of aryl methyl sites for hydroxylation is 1. The molecule has 3 nitrogen and oxygen atoms in total. The Labute approximate surface area is 188 Å². The molecule has 0 radical (unpaired) electrons. The maximum atomic E-state index is 12.4. The molecule has 3 aromatic carbocycles. The van der Waals surface area contributed by atoms with E-state index in [1.165, 1.54) is 11.1 Å². The Hall–Kier alpha value is -2.98. The van der Waals surface area contributed by atoms with Crippen molar-refractivity contribution in [2.24, 2.45) is 0 Å². The quantitative estimate of drug-likeness (QED) is 0.381. The van der Waals surface area contributed by atoms with Crippen LogP contribution >= 0.6 is 11.8 Å². The molecule has 0 aromatic heterocycles. The first-order valence-electron chi connectivity index (χ1n) is 10.6. The zero-order valence-corrected chi connectivity index (χ0v) is 18.2. The summed E-state index contributed by atoms with van der Waals surface area (Å²) in [6.45, 7) is 0.633. The van der Waals surface area contributed by atoms with Crippen molar-refractivity contribution < 1.29 is 14.3 Å². The van der Waals surface area contributed by atoms with Gasteiger partial charge < -0.3 is 9.47 Å². The summed E-state index contributed by atoms with van der Waals surface area (Å²) in [6.07, 6.45) is 4.29. The Morgan fingerprint density at radius 2 is 1.48 bits per heavy atom. The smallest absolute Gasteiger partial charge is 0.344 e. The molecule has 0 fully saturated rings. The van der Waals surface area contributed by atoms with E-state index in [0.29, 0.717) is 17.9 Å². The maximum absolute atomic E-state index is 12.4. The Morgan fingerprint density at radius 3 is 2.13 bits per heavy atom. The van der Waals surface area contributed by atoms with Crippen molar-refractivity contribution in [3.8, 4) is 5.75 Å². The first kappa shape index (κ1) is 21.3. The van der Waals surface area contributed by atoms with E-state index in [1.54, 1.807) is 11.8 Å². The molecule has 0 N–H and O–H groups in total. The molecule has 158 valence electrons. The van der Waals surface area contributed by atoms with Gasteiger partial charge in [0, 0.05) is 18.6 Å². The lowest BCUT2D eigenvalue weighted by Crippen LogP contribution is -2.17. The zero-order valence-electron chi connectivity index (χ0n) is 17.4. The first-order valence-corrected chi connectivity index (χ1v) is 11.6. The van der Waals surface area contributed by atoms with Crippen LogP contribution in [0.25, 0.3) is 0 Å². The van der Waals surface area contributed by atoms with Gasteiger partial charge in [0.1, 0.15) is 11.9 Å². The summed E-state index contributed by atoms with van der Waals surface area (Å²) < 4.78 is 11.5. The van der Waals surface area contributed by atoms with Gasteiger partial charge >= 0.3 is 5.97 Å². The summed E-state index contributed by atoms with van der Waals surface area (Å²) in [6, 6.07) is 28.5. The lowest BCUT2D eigenvalue weighted by Gasteiger charge is -2.22. The normalized spacial score (nSPS) is 15.8. The fourth-order valence-electron chi connectivity index (χ4n) is 3.49. The number of esters is 1. The van der Waals surface area contributed by atoms with Crippen LogP contribution in [0.2, 0.25) is 0 Å². The number of carbonyl (C=O) groups excluding carboxylic acids is 1. The highest BCUT2D eigenvalue weighted by molar-refractivity contribution is 8.03. The van der Waals surface area contributed by atoms with E-state index < -0.39 is 0 Å². The van der Waals surface area contributed by atoms with Gasteiger partial charge in [-0.3, -0.25) is 0 Å². The molecule has 1 aliphatic rings. The van der Waals surface area contributed by atoms with Gasteiger partial charge in [-0.15, -0.1) is 11.8 Å². The minimum absolute atomic E-state index is 0.225. The van der Waals surface area contributed by atoms with Crippen molar-refractivity contribution in [3.05, 3.63) is 113 Å². The molecular weight excluding hydrogens is 404 g/mol. The largest absolute Gasteiger partial charge is 0.493 e. The predicted molar refractivity (Wildman–Crippen MR) is 126 cm³/mol. The average Bonchev–Trinajstić information content (AvgIpc) is 2.82. The average molecular weight is 431 g/mol. The molecule has 1 unspecified atom stereocenters. The minimum atomic E-state index is -0.232. The third-order valence-electron chi connectivity index (χ3n) is 5.21. The van der Waals surface area contributed by atoms with Gasteiger partial charge in [0.05, 0.1) is 11.5 Å². The summed E-state index contributed by atoms with van der Waals surface area (Å²) in [4.78, 5) is 13.1. The van der Waals surface area contributed by atoms with Gasteiger partial charge in [-0.2, -0.15) is 0 Å². The number of hydrogen-bond acceptors (Lipinski definition) is 4. The second-order valence-electron chi connectivity index (χ2n) is 7.44. The number of benzene rings is 3. The van der Waals surface area contributed by atoms with Crippen molar-refractivity contribution in [1.29, 1.82) is 0 Å². The third kappa shape index (κ3) is 6.25. The second-order valence-corrected chi connectivity index (χ2v) is 8.57.